The molecule has 3 rings (SSSR count). The van der Waals surface area contributed by atoms with Gasteiger partial charge in [0.05, 0.1) is 22.8 Å². The number of amides is 1. The van der Waals surface area contributed by atoms with Gasteiger partial charge < -0.3 is 15.8 Å². The zero-order valence-corrected chi connectivity index (χ0v) is 16.6. The molecule has 1 aromatic heterocycles. The zero-order chi connectivity index (χ0) is 18.8. The van der Waals surface area contributed by atoms with E-state index in [1.807, 2.05) is 12.1 Å². The lowest BCUT2D eigenvalue weighted by molar-refractivity contribution is 0.103. The second-order valence-corrected chi connectivity index (χ2v) is 7.63. The number of halogens is 2. The van der Waals surface area contributed by atoms with E-state index in [1.165, 1.54) is 0 Å². The molecule has 0 aliphatic carbocycles. The number of aromatic nitrogens is 1. The number of carbonyl (C=O) groups excluding carboxylic acids is 1. The average Bonchev–Trinajstić information content (AvgIpc) is 2.93. The molecule has 0 bridgehead atoms. The summed E-state index contributed by atoms with van der Waals surface area (Å²) in [5.41, 5.74) is 7.25. The largest absolute Gasteiger partial charge is 0.497 e. The summed E-state index contributed by atoms with van der Waals surface area (Å²) < 4.78 is 7.22. The van der Waals surface area contributed by atoms with Gasteiger partial charge in [-0.3, -0.25) is 9.36 Å². The van der Waals surface area contributed by atoms with Crippen LogP contribution in [0.1, 0.15) is 9.67 Å². The summed E-state index contributed by atoms with van der Waals surface area (Å²) in [6, 6.07) is 12.2. The van der Waals surface area contributed by atoms with E-state index in [-0.39, 0.29) is 10.7 Å². The Balaban J connectivity index is 1.97. The number of thiazole rings is 1. The Kier molecular flexibility index (Phi) is 5.52. The Morgan fingerprint density at radius 2 is 1.81 bits per heavy atom. The molecule has 0 aliphatic rings. The van der Waals surface area contributed by atoms with E-state index in [9.17, 15) is 4.79 Å². The van der Waals surface area contributed by atoms with Crippen LogP contribution in [0.15, 0.2) is 42.5 Å². The smallest absolute Gasteiger partial charge is 0.269 e. The van der Waals surface area contributed by atoms with E-state index in [0.717, 1.165) is 17.0 Å². The van der Waals surface area contributed by atoms with Gasteiger partial charge in [-0.1, -0.05) is 40.6 Å². The first kappa shape index (κ1) is 18.7. The topological polar surface area (TPSA) is 69.3 Å². The molecule has 9 heteroatoms. The first-order chi connectivity index (χ1) is 12.4. The van der Waals surface area contributed by atoms with Crippen LogP contribution < -0.4 is 15.8 Å². The second-order valence-electron chi connectivity index (χ2n) is 5.17. The highest BCUT2D eigenvalue weighted by Crippen LogP contribution is 2.32. The minimum absolute atomic E-state index is 0.242. The highest BCUT2D eigenvalue weighted by molar-refractivity contribution is 7.73. The van der Waals surface area contributed by atoms with Gasteiger partial charge in [-0.15, -0.1) is 0 Å². The molecule has 3 aromatic rings. The number of benzene rings is 2. The number of rotatable bonds is 4. The van der Waals surface area contributed by atoms with Crippen molar-refractivity contribution in [2.75, 3.05) is 18.2 Å². The minimum atomic E-state index is -0.430. The Morgan fingerprint density at radius 1 is 1.19 bits per heavy atom. The number of carbonyl (C=O) groups is 1. The van der Waals surface area contributed by atoms with Gasteiger partial charge in [0, 0.05) is 5.69 Å². The number of hydrogen-bond donors (Lipinski definition) is 2. The molecular formula is C17H13Cl2N3O2S2. The summed E-state index contributed by atoms with van der Waals surface area (Å²) in [5.74, 6) is 0.520. The van der Waals surface area contributed by atoms with Gasteiger partial charge in [-0.2, -0.15) is 0 Å². The second kappa shape index (κ2) is 7.67. The van der Waals surface area contributed by atoms with E-state index < -0.39 is 5.91 Å². The van der Waals surface area contributed by atoms with E-state index in [0.29, 0.717) is 25.4 Å². The lowest BCUT2D eigenvalue weighted by Crippen LogP contribution is -2.14. The van der Waals surface area contributed by atoms with Crippen LogP contribution in [0.25, 0.3) is 5.69 Å². The summed E-state index contributed by atoms with van der Waals surface area (Å²) in [4.78, 5) is 12.9. The summed E-state index contributed by atoms with van der Waals surface area (Å²) in [6.07, 6.45) is 0. The summed E-state index contributed by atoms with van der Waals surface area (Å²) in [7, 11) is 1.59. The van der Waals surface area contributed by atoms with E-state index in [1.54, 1.807) is 42.0 Å². The van der Waals surface area contributed by atoms with E-state index in [4.69, 9.17) is 45.9 Å². The van der Waals surface area contributed by atoms with Crippen LogP contribution in [0.5, 0.6) is 5.75 Å². The maximum Gasteiger partial charge on any atom is 0.269 e. The van der Waals surface area contributed by atoms with Crippen molar-refractivity contribution >= 4 is 64.2 Å². The number of ether oxygens (including phenoxy) is 1. The molecule has 3 N–H and O–H groups in total. The van der Waals surface area contributed by atoms with Crippen LogP contribution in [0.4, 0.5) is 11.5 Å². The Labute approximate surface area is 168 Å². The van der Waals surface area contributed by atoms with Crippen LogP contribution >= 0.6 is 46.8 Å². The molecule has 1 amide bonds. The van der Waals surface area contributed by atoms with Gasteiger partial charge in [-0.25, -0.2) is 0 Å². The van der Waals surface area contributed by atoms with Crippen molar-refractivity contribution < 1.29 is 9.53 Å². The Morgan fingerprint density at radius 3 is 2.38 bits per heavy atom. The van der Waals surface area contributed by atoms with Crippen molar-refractivity contribution in [3.05, 3.63) is 61.3 Å². The van der Waals surface area contributed by atoms with Crippen LogP contribution in [-0.2, 0) is 0 Å². The number of nitrogens with two attached hydrogens (primary N) is 1. The fourth-order valence-electron chi connectivity index (χ4n) is 2.31. The van der Waals surface area contributed by atoms with Gasteiger partial charge in [-0.05, 0) is 48.6 Å². The van der Waals surface area contributed by atoms with Gasteiger partial charge in [0.15, 0.2) is 3.95 Å². The predicted octanol–water partition coefficient (Wildman–Crippen LogP) is 5.42. The highest BCUT2D eigenvalue weighted by atomic mass is 35.5. The third-order valence-corrected chi connectivity index (χ3v) is 5.60. The van der Waals surface area contributed by atoms with Crippen molar-refractivity contribution in [3.8, 4) is 11.4 Å². The van der Waals surface area contributed by atoms with Crippen molar-refractivity contribution in [2.24, 2.45) is 0 Å². The van der Waals surface area contributed by atoms with E-state index >= 15 is 0 Å². The molecule has 0 aliphatic heterocycles. The molecule has 0 unspecified atom stereocenters. The normalized spacial score (nSPS) is 10.6. The van der Waals surface area contributed by atoms with Gasteiger partial charge in [0.25, 0.3) is 5.91 Å². The first-order valence-corrected chi connectivity index (χ1v) is 9.31. The van der Waals surface area contributed by atoms with Crippen LogP contribution in [0.2, 0.25) is 10.0 Å². The molecule has 26 heavy (non-hydrogen) atoms. The molecule has 1 heterocycles. The SMILES string of the molecule is COc1ccc(-n2c(N)c(C(=O)Nc3c(Cl)cccc3Cl)sc2=S)cc1. The molecule has 0 fully saturated rings. The fraction of sp³-hybridized carbons (Fsp3) is 0.0588. The number of hydrogen-bond acceptors (Lipinski definition) is 5. The molecule has 5 nitrogen and oxygen atoms in total. The molecule has 0 spiro atoms. The van der Waals surface area contributed by atoms with Crippen molar-refractivity contribution in [1.29, 1.82) is 0 Å². The highest BCUT2D eigenvalue weighted by Gasteiger charge is 2.20. The third-order valence-electron chi connectivity index (χ3n) is 3.58. The molecule has 0 saturated carbocycles. The van der Waals surface area contributed by atoms with Crippen LogP contribution in [-0.4, -0.2) is 17.6 Å². The molecule has 134 valence electrons. The van der Waals surface area contributed by atoms with E-state index in [2.05, 4.69) is 5.32 Å². The van der Waals surface area contributed by atoms with Crippen molar-refractivity contribution in [3.63, 3.8) is 0 Å². The maximum absolute atomic E-state index is 12.7. The third kappa shape index (κ3) is 3.57. The summed E-state index contributed by atoms with van der Waals surface area (Å²) in [5, 5.41) is 3.37. The molecule has 2 aromatic carbocycles. The average molecular weight is 426 g/mol. The summed E-state index contributed by atoms with van der Waals surface area (Å²) in [6.45, 7) is 0. The van der Waals surface area contributed by atoms with Crippen LogP contribution in [0, 0.1) is 3.95 Å². The molecule has 0 atom stereocenters. The standard InChI is InChI=1S/C17H13Cl2N3O2S2/c1-24-10-7-5-9(6-8-10)22-15(20)14(26-17(22)25)16(23)21-13-11(18)3-2-4-12(13)19/h2-8H,20H2,1H3,(H,21,23). The number of anilines is 2. The minimum Gasteiger partial charge on any atom is -0.497 e. The molecule has 0 radical (unpaired) electrons. The lowest BCUT2D eigenvalue weighted by Gasteiger charge is -2.09. The first-order valence-electron chi connectivity index (χ1n) is 7.33. The van der Waals surface area contributed by atoms with Crippen molar-refractivity contribution in [1.82, 2.24) is 4.57 Å². The molecular weight excluding hydrogens is 413 g/mol. The number of para-hydroxylation sites is 1. The number of nitrogens with zero attached hydrogens (tertiary/aromatic N) is 1. The quantitative estimate of drug-likeness (QED) is 0.547. The molecule has 0 saturated heterocycles. The van der Waals surface area contributed by atoms with Gasteiger partial charge >= 0.3 is 0 Å². The lowest BCUT2D eigenvalue weighted by atomic mass is 10.3. The fourth-order valence-corrected chi connectivity index (χ4v) is 4.07. The Hall–Kier alpha value is -2.06. The van der Waals surface area contributed by atoms with Crippen LogP contribution in [0.3, 0.4) is 0 Å². The van der Waals surface area contributed by atoms with Crippen molar-refractivity contribution in [2.45, 2.75) is 0 Å². The maximum atomic E-state index is 12.7. The van der Waals surface area contributed by atoms with Gasteiger partial charge in [0.1, 0.15) is 16.4 Å². The number of methoxy groups -OCH3 is 1. The van der Waals surface area contributed by atoms with Gasteiger partial charge in [0.2, 0.25) is 0 Å². The number of nitrogen functional groups attached to an aromatic ring is 1. The number of nitrogens with one attached hydrogen (secondary N) is 1. The summed E-state index contributed by atoms with van der Waals surface area (Å²) >= 11 is 18.7. The monoisotopic (exact) mass is 425 g/mol. The Bertz CT molecular complexity index is 1010. The predicted molar refractivity (Wildman–Crippen MR) is 110 cm³/mol. The zero-order valence-electron chi connectivity index (χ0n) is 13.5.